The van der Waals surface area contributed by atoms with Crippen LogP contribution in [0, 0.1) is 5.92 Å². The second-order valence-electron chi connectivity index (χ2n) is 6.92. The fraction of sp³-hybridized carbons (Fsp3) is 0.450. The van der Waals surface area contributed by atoms with Gasteiger partial charge in [-0.25, -0.2) is 0 Å². The summed E-state index contributed by atoms with van der Waals surface area (Å²) in [7, 11) is 3.19. The van der Waals surface area contributed by atoms with Gasteiger partial charge in [0.25, 0.3) is 0 Å². The lowest BCUT2D eigenvalue weighted by Crippen LogP contribution is -2.41. The van der Waals surface area contributed by atoms with Crippen molar-refractivity contribution < 1.29 is 14.3 Å². The van der Waals surface area contributed by atoms with E-state index >= 15 is 0 Å². The molecule has 1 aromatic carbocycles. The zero-order chi connectivity index (χ0) is 18.1. The molecule has 1 N–H and O–H groups in total. The van der Waals surface area contributed by atoms with Crippen LogP contribution in [0.15, 0.2) is 29.6 Å². The third-order valence-electron chi connectivity index (χ3n) is 5.20. The Morgan fingerprint density at radius 3 is 2.77 bits per heavy atom. The average Bonchev–Trinajstić information content (AvgIpc) is 3.37. The molecule has 1 atom stereocenters. The molecule has 1 fully saturated rings. The van der Waals surface area contributed by atoms with Crippen molar-refractivity contribution in [2.75, 3.05) is 32.6 Å². The lowest BCUT2D eigenvalue weighted by Gasteiger charge is -2.35. The topological polar surface area (TPSA) is 50.8 Å². The maximum Gasteiger partial charge on any atom is 0.238 e. The Kier molecular flexibility index (Phi) is 4.87. The van der Waals surface area contributed by atoms with E-state index < -0.39 is 0 Å². The van der Waals surface area contributed by atoms with Crippen molar-refractivity contribution in [3.05, 3.63) is 40.1 Å². The summed E-state index contributed by atoms with van der Waals surface area (Å²) in [5.41, 5.74) is 2.17. The van der Waals surface area contributed by atoms with Crippen LogP contribution in [0.4, 0.5) is 5.69 Å². The van der Waals surface area contributed by atoms with Gasteiger partial charge in [-0.3, -0.25) is 9.69 Å². The molecule has 26 heavy (non-hydrogen) atoms. The normalized spacial score (nSPS) is 19.7. The van der Waals surface area contributed by atoms with Gasteiger partial charge in [-0.15, -0.1) is 11.3 Å². The quantitative estimate of drug-likeness (QED) is 0.840. The number of hydrogen-bond acceptors (Lipinski definition) is 5. The number of amides is 1. The predicted molar refractivity (Wildman–Crippen MR) is 103 cm³/mol. The highest BCUT2D eigenvalue weighted by atomic mass is 32.1. The molecule has 6 heteroatoms. The summed E-state index contributed by atoms with van der Waals surface area (Å²) in [5, 5.41) is 5.19. The van der Waals surface area contributed by atoms with Crippen LogP contribution in [0.5, 0.6) is 11.5 Å². The Balaban J connectivity index is 1.45. The molecular formula is C20H24N2O3S. The number of anilines is 1. The van der Waals surface area contributed by atoms with Crippen molar-refractivity contribution in [1.29, 1.82) is 0 Å². The Bertz CT molecular complexity index is 800. The first-order valence-corrected chi connectivity index (χ1v) is 9.89. The van der Waals surface area contributed by atoms with Gasteiger partial charge in [0.1, 0.15) is 0 Å². The number of benzene rings is 1. The van der Waals surface area contributed by atoms with Crippen LogP contribution in [0.25, 0.3) is 0 Å². The smallest absolute Gasteiger partial charge is 0.238 e. The number of fused-ring (bicyclic) bond motifs is 1. The van der Waals surface area contributed by atoms with Gasteiger partial charge in [0.15, 0.2) is 11.5 Å². The van der Waals surface area contributed by atoms with E-state index in [1.165, 1.54) is 23.3 Å². The van der Waals surface area contributed by atoms with Crippen LogP contribution in [-0.4, -0.2) is 38.1 Å². The van der Waals surface area contributed by atoms with E-state index in [4.69, 9.17) is 9.47 Å². The average molecular weight is 372 g/mol. The third kappa shape index (κ3) is 3.44. The molecule has 0 unspecified atom stereocenters. The Morgan fingerprint density at radius 1 is 1.23 bits per heavy atom. The molecule has 1 saturated carbocycles. The van der Waals surface area contributed by atoms with E-state index in [2.05, 4.69) is 21.7 Å². The number of ether oxygens (including phenoxy) is 2. The van der Waals surface area contributed by atoms with Crippen molar-refractivity contribution in [2.24, 2.45) is 5.92 Å². The van der Waals surface area contributed by atoms with Crippen molar-refractivity contribution >= 4 is 22.9 Å². The lowest BCUT2D eigenvalue weighted by atomic mass is 9.96. The number of methoxy groups -OCH3 is 2. The van der Waals surface area contributed by atoms with Gasteiger partial charge in [-0.2, -0.15) is 0 Å². The van der Waals surface area contributed by atoms with Crippen LogP contribution >= 0.6 is 11.3 Å². The molecule has 2 aromatic rings. The largest absolute Gasteiger partial charge is 0.493 e. The van der Waals surface area contributed by atoms with Crippen molar-refractivity contribution in [1.82, 2.24) is 4.90 Å². The predicted octanol–water partition coefficient (Wildman–Crippen LogP) is 3.71. The van der Waals surface area contributed by atoms with Gasteiger partial charge in [-0.05, 0) is 54.3 Å². The fourth-order valence-corrected chi connectivity index (χ4v) is 4.75. The maximum atomic E-state index is 12.7. The van der Waals surface area contributed by atoms with Gasteiger partial charge in [0.2, 0.25) is 5.91 Å². The van der Waals surface area contributed by atoms with Crippen LogP contribution in [0.3, 0.4) is 0 Å². The van der Waals surface area contributed by atoms with Crippen LogP contribution in [0.2, 0.25) is 0 Å². The molecule has 2 heterocycles. The zero-order valence-corrected chi connectivity index (χ0v) is 16.0. The van der Waals surface area contributed by atoms with Gasteiger partial charge in [0, 0.05) is 29.2 Å². The van der Waals surface area contributed by atoms with Gasteiger partial charge in [0.05, 0.1) is 20.8 Å². The Morgan fingerprint density at radius 2 is 2.04 bits per heavy atom. The highest BCUT2D eigenvalue weighted by molar-refractivity contribution is 7.10. The van der Waals surface area contributed by atoms with Crippen molar-refractivity contribution in [3.63, 3.8) is 0 Å². The first-order chi connectivity index (χ1) is 12.7. The maximum absolute atomic E-state index is 12.7. The summed E-state index contributed by atoms with van der Waals surface area (Å²) in [5.74, 6) is 1.99. The minimum Gasteiger partial charge on any atom is -0.493 e. The summed E-state index contributed by atoms with van der Waals surface area (Å²) in [6.07, 6.45) is 3.58. The summed E-state index contributed by atoms with van der Waals surface area (Å²) in [6.45, 7) is 1.37. The van der Waals surface area contributed by atoms with Crippen LogP contribution in [-0.2, 0) is 11.2 Å². The molecule has 0 spiro atoms. The van der Waals surface area contributed by atoms with E-state index in [9.17, 15) is 4.79 Å². The van der Waals surface area contributed by atoms with E-state index in [1.807, 2.05) is 17.4 Å². The monoisotopic (exact) mass is 372 g/mol. The molecular weight excluding hydrogens is 348 g/mol. The SMILES string of the molecule is COc1ccc(NC(=O)CN2CCc3sccc3[C@H]2C2CC2)cc1OC. The van der Waals surface area contributed by atoms with Gasteiger partial charge in [-0.1, -0.05) is 0 Å². The number of carbonyl (C=O) groups excluding carboxylic acids is 1. The number of nitrogens with zero attached hydrogens (tertiary/aromatic N) is 1. The zero-order valence-electron chi connectivity index (χ0n) is 15.2. The number of carbonyl (C=O) groups is 1. The molecule has 0 saturated heterocycles. The van der Waals surface area contributed by atoms with Gasteiger partial charge >= 0.3 is 0 Å². The van der Waals surface area contributed by atoms with E-state index in [0.29, 0.717) is 30.0 Å². The second-order valence-corrected chi connectivity index (χ2v) is 7.92. The number of thiophene rings is 1. The van der Waals surface area contributed by atoms with Crippen LogP contribution in [0.1, 0.15) is 29.3 Å². The molecule has 0 radical (unpaired) electrons. The van der Waals surface area contributed by atoms with E-state index in [-0.39, 0.29) is 5.91 Å². The van der Waals surface area contributed by atoms with E-state index in [1.54, 1.807) is 26.4 Å². The molecule has 5 nitrogen and oxygen atoms in total. The first kappa shape index (κ1) is 17.4. The van der Waals surface area contributed by atoms with Crippen molar-refractivity contribution in [2.45, 2.75) is 25.3 Å². The highest BCUT2D eigenvalue weighted by Gasteiger charge is 2.40. The molecule has 1 aliphatic heterocycles. The minimum absolute atomic E-state index is 0.0153. The number of nitrogens with one attached hydrogen (secondary N) is 1. The number of rotatable bonds is 6. The third-order valence-corrected chi connectivity index (χ3v) is 6.20. The summed E-state index contributed by atoms with van der Waals surface area (Å²) >= 11 is 1.85. The fourth-order valence-electron chi connectivity index (χ4n) is 3.84. The summed E-state index contributed by atoms with van der Waals surface area (Å²) < 4.78 is 10.6. The van der Waals surface area contributed by atoms with Crippen LogP contribution < -0.4 is 14.8 Å². The standard InChI is InChI=1S/C20H24N2O3S/c1-24-16-6-5-14(11-17(16)25-2)21-19(23)12-22-9-7-18-15(8-10-26-18)20(22)13-3-4-13/h5-6,8,10-11,13,20H,3-4,7,9,12H2,1-2H3,(H,21,23)/t20-/m1/s1. The van der Waals surface area contributed by atoms with Gasteiger partial charge < -0.3 is 14.8 Å². The molecule has 4 rings (SSSR count). The Labute approximate surface area is 157 Å². The summed E-state index contributed by atoms with van der Waals surface area (Å²) in [6, 6.07) is 8.09. The van der Waals surface area contributed by atoms with E-state index in [0.717, 1.165) is 18.7 Å². The van der Waals surface area contributed by atoms with Crippen molar-refractivity contribution in [3.8, 4) is 11.5 Å². The molecule has 1 aliphatic carbocycles. The molecule has 2 aliphatic rings. The molecule has 1 amide bonds. The first-order valence-electron chi connectivity index (χ1n) is 9.02. The molecule has 138 valence electrons. The Hall–Kier alpha value is -2.05. The second kappa shape index (κ2) is 7.29. The highest BCUT2D eigenvalue weighted by Crippen LogP contribution is 2.48. The minimum atomic E-state index is 0.0153. The number of hydrogen-bond donors (Lipinski definition) is 1. The lowest BCUT2D eigenvalue weighted by molar-refractivity contribution is -0.118. The molecule has 0 bridgehead atoms. The molecule has 1 aromatic heterocycles. The summed E-state index contributed by atoms with van der Waals surface area (Å²) in [4.78, 5) is 16.5.